The lowest BCUT2D eigenvalue weighted by Crippen LogP contribution is -2.29. The van der Waals surface area contributed by atoms with Crippen LogP contribution in [0.2, 0.25) is 0 Å². The molecule has 1 atom stereocenters. The van der Waals surface area contributed by atoms with Crippen LogP contribution in [0.25, 0.3) is 0 Å². The first-order chi connectivity index (χ1) is 26.1. The summed E-state index contributed by atoms with van der Waals surface area (Å²) in [5.41, 5.74) is 0.195. The number of aromatic carboxylic acids is 1. The first kappa shape index (κ1) is 48.1. The molecule has 0 aliphatic rings. The van der Waals surface area contributed by atoms with Crippen molar-refractivity contribution >= 4 is 35.3 Å². The Morgan fingerprint density at radius 1 is 0.630 bits per heavy atom. The Morgan fingerprint density at radius 2 is 1.26 bits per heavy atom. The Labute approximate surface area is 319 Å². The lowest BCUT2D eigenvalue weighted by Gasteiger charge is -2.12. The number of amides is 2. The van der Waals surface area contributed by atoms with Crippen molar-refractivity contribution in [3.05, 3.63) is 29.8 Å². The Balaban J connectivity index is 1.96. The number of Topliss-reactive ketones (excluding diaryl/α,β-unsaturated/α-hetero) is 2. The number of ether oxygens (including phenoxy) is 5. The molecule has 0 unspecified atom stereocenters. The average Bonchev–Trinajstić information content (AvgIpc) is 3.15. The molecule has 2 amide bonds. The molecule has 4 N–H and O–H groups in total. The number of carbonyl (C=O) groups is 6. The standard InChI is InChI=1S/C39H62N2O13/c1-2-18-40-37(45)30-53-26-23-50-20-11-14-34(43)29-52-25-24-51-22-19-41-36(44)17-16-32(39(48)49)27-33(42)13-8-6-4-3-5-7-9-21-54-35-15-10-12-31(28-35)38(46)47/h10,12,15,28,32H,2-9,11,13-14,16-27,29-30H2,1H3,(H,40,45)(H,41,44)(H,46,47)(H,48,49)/t32-/m1/s1. The highest BCUT2D eigenvalue weighted by Crippen LogP contribution is 2.17. The monoisotopic (exact) mass is 766 g/mol. The molecule has 15 heteroatoms. The van der Waals surface area contributed by atoms with Gasteiger partial charge in [-0.1, -0.05) is 45.1 Å². The van der Waals surface area contributed by atoms with Gasteiger partial charge in [0.1, 0.15) is 24.7 Å². The van der Waals surface area contributed by atoms with Crippen molar-refractivity contribution in [2.45, 2.75) is 96.8 Å². The molecule has 306 valence electrons. The molecule has 1 aromatic rings. The highest BCUT2D eigenvalue weighted by Gasteiger charge is 2.22. The van der Waals surface area contributed by atoms with Gasteiger partial charge in [-0.05, 0) is 50.3 Å². The molecule has 0 spiro atoms. The lowest BCUT2D eigenvalue weighted by atomic mass is 9.94. The molecule has 1 aromatic carbocycles. The zero-order chi connectivity index (χ0) is 39.7. The predicted octanol–water partition coefficient (Wildman–Crippen LogP) is 4.38. The third-order valence-corrected chi connectivity index (χ3v) is 8.12. The minimum atomic E-state index is -1.09. The summed E-state index contributed by atoms with van der Waals surface area (Å²) in [7, 11) is 0. The van der Waals surface area contributed by atoms with Crippen LogP contribution in [0.5, 0.6) is 5.75 Å². The first-order valence-corrected chi connectivity index (χ1v) is 19.2. The molecule has 0 saturated heterocycles. The fraction of sp³-hybridized carbons (Fsp3) is 0.692. The Kier molecular flexibility index (Phi) is 29.0. The third-order valence-electron chi connectivity index (χ3n) is 8.12. The van der Waals surface area contributed by atoms with Crippen molar-refractivity contribution in [1.82, 2.24) is 10.6 Å². The maximum atomic E-state index is 12.4. The Bertz CT molecular complexity index is 1230. The van der Waals surface area contributed by atoms with Gasteiger partial charge in [-0.15, -0.1) is 0 Å². The second-order valence-corrected chi connectivity index (χ2v) is 12.9. The number of nitrogens with one attached hydrogen (secondary N) is 2. The first-order valence-electron chi connectivity index (χ1n) is 19.2. The van der Waals surface area contributed by atoms with Crippen LogP contribution < -0.4 is 15.4 Å². The maximum Gasteiger partial charge on any atom is 0.335 e. The van der Waals surface area contributed by atoms with Gasteiger partial charge in [-0.25, -0.2) is 4.79 Å². The van der Waals surface area contributed by atoms with E-state index in [-0.39, 0.29) is 87.8 Å². The van der Waals surface area contributed by atoms with Gasteiger partial charge >= 0.3 is 11.9 Å². The van der Waals surface area contributed by atoms with Crippen molar-refractivity contribution < 1.29 is 62.7 Å². The number of aliphatic carboxylic acids is 1. The highest BCUT2D eigenvalue weighted by molar-refractivity contribution is 5.88. The quantitative estimate of drug-likeness (QED) is 0.0693. The van der Waals surface area contributed by atoms with Gasteiger partial charge in [-0.3, -0.25) is 24.0 Å². The molecule has 0 bridgehead atoms. The molecule has 0 aliphatic carbocycles. The predicted molar refractivity (Wildman–Crippen MR) is 200 cm³/mol. The smallest absolute Gasteiger partial charge is 0.335 e. The van der Waals surface area contributed by atoms with E-state index >= 15 is 0 Å². The zero-order valence-corrected chi connectivity index (χ0v) is 31.9. The molecule has 0 aliphatic heterocycles. The van der Waals surface area contributed by atoms with Gasteiger partial charge in [0.05, 0.1) is 51.1 Å². The van der Waals surface area contributed by atoms with Crippen molar-refractivity contribution in [1.29, 1.82) is 0 Å². The number of ketones is 2. The van der Waals surface area contributed by atoms with Gasteiger partial charge in [0.15, 0.2) is 5.78 Å². The number of hydrogen-bond donors (Lipinski definition) is 4. The van der Waals surface area contributed by atoms with E-state index in [1.54, 1.807) is 12.1 Å². The molecular weight excluding hydrogens is 704 g/mol. The van der Waals surface area contributed by atoms with Crippen LogP contribution in [0, 0.1) is 5.92 Å². The van der Waals surface area contributed by atoms with E-state index in [0.29, 0.717) is 64.4 Å². The molecule has 15 nitrogen and oxygen atoms in total. The summed E-state index contributed by atoms with van der Waals surface area (Å²) in [6.07, 6.45) is 8.50. The molecule has 0 fully saturated rings. The minimum Gasteiger partial charge on any atom is -0.494 e. The number of carboxylic acids is 2. The summed E-state index contributed by atoms with van der Waals surface area (Å²) < 4.78 is 27.0. The van der Waals surface area contributed by atoms with Crippen LogP contribution in [-0.4, -0.2) is 118 Å². The molecular formula is C39H62N2O13. The van der Waals surface area contributed by atoms with Crippen LogP contribution in [0.1, 0.15) is 107 Å². The van der Waals surface area contributed by atoms with Crippen molar-refractivity contribution in [3.8, 4) is 5.75 Å². The fourth-order valence-corrected chi connectivity index (χ4v) is 5.11. The van der Waals surface area contributed by atoms with Crippen LogP contribution >= 0.6 is 0 Å². The summed E-state index contributed by atoms with van der Waals surface area (Å²) in [4.78, 5) is 70.6. The van der Waals surface area contributed by atoms with Gasteiger partial charge < -0.3 is 44.5 Å². The molecule has 0 radical (unpaired) electrons. The number of benzene rings is 1. The SMILES string of the molecule is CCCNC(=O)COCCOCCCC(=O)COCCOCCNC(=O)CC[C@H](CC(=O)CCCCCCCCCOc1cccc(C(=O)O)c1)C(=O)O. The summed E-state index contributed by atoms with van der Waals surface area (Å²) in [6, 6.07) is 6.42. The molecule has 0 aromatic heterocycles. The largest absolute Gasteiger partial charge is 0.494 e. The van der Waals surface area contributed by atoms with Crippen LogP contribution in [0.3, 0.4) is 0 Å². The molecule has 1 rings (SSSR count). The van der Waals surface area contributed by atoms with Crippen LogP contribution in [0.15, 0.2) is 24.3 Å². The fourth-order valence-electron chi connectivity index (χ4n) is 5.11. The van der Waals surface area contributed by atoms with Gasteiger partial charge in [-0.2, -0.15) is 0 Å². The minimum absolute atomic E-state index is 0.000236. The number of unbranched alkanes of at least 4 members (excludes halogenated alkanes) is 6. The maximum absolute atomic E-state index is 12.4. The lowest BCUT2D eigenvalue weighted by molar-refractivity contribution is -0.144. The number of carbonyl (C=O) groups excluding carboxylic acids is 4. The van der Waals surface area contributed by atoms with Gasteiger partial charge in [0, 0.05) is 45.4 Å². The summed E-state index contributed by atoms with van der Waals surface area (Å²) in [5.74, 6) is -3.07. The van der Waals surface area contributed by atoms with E-state index < -0.39 is 17.9 Å². The van der Waals surface area contributed by atoms with E-state index in [4.69, 9.17) is 28.8 Å². The van der Waals surface area contributed by atoms with Gasteiger partial charge in [0.25, 0.3) is 0 Å². The topological polar surface area (TPSA) is 213 Å². The molecule has 0 heterocycles. The summed E-state index contributed by atoms with van der Waals surface area (Å²) in [5, 5.41) is 24.0. The normalized spacial score (nSPS) is 11.5. The summed E-state index contributed by atoms with van der Waals surface area (Å²) in [6.45, 7) is 5.06. The van der Waals surface area contributed by atoms with E-state index in [2.05, 4.69) is 10.6 Å². The van der Waals surface area contributed by atoms with Crippen molar-refractivity contribution in [3.63, 3.8) is 0 Å². The summed E-state index contributed by atoms with van der Waals surface area (Å²) >= 11 is 0. The second-order valence-electron chi connectivity index (χ2n) is 12.9. The Morgan fingerprint density at radius 3 is 1.96 bits per heavy atom. The zero-order valence-electron chi connectivity index (χ0n) is 31.9. The number of carboxylic acid groups (broad SMARTS) is 2. The van der Waals surface area contributed by atoms with Crippen LogP contribution in [0.4, 0.5) is 0 Å². The van der Waals surface area contributed by atoms with Crippen molar-refractivity contribution in [2.24, 2.45) is 5.92 Å². The Hall–Kier alpha value is -3.92. The van der Waals surface area contributed by atoms with Crippen LogP contribution in [-0.2, 0) is 42.9 Å². The molecule has 54 heavy (non-hydrogen) atoms. The van der Waals surface area contributed by atoms with E-state index in [0.717, 1.165) is 44.9 Å². The van der Waals surface area contributed by atoms with Gasteiger partial charge in [0.2, 0.25) is 11.8 Å². The van der Waals surface area contributed by atoms with E-state index in [9.17, 15) is 33.9 Å². The average molecular weight is 767 g/mol. The van der Waals surface area contributed by atoms with E-state index in [1.165, 1.54) is 12.1 Å². The second kappa shape index (κ2) is 32.5. The van der Waals surface area contributed by atoms with E-state index in [1.807, 2.05) is 6.92 Å². The third kappa shape index (κ3) is 27.7. The molecule has 0 saturated carbocycles. The highest BCUT2D eigenvalue weighted by atomic mass is 16.5. The number of hydrogen-bond acceptors (Lipinski definition) is 11. The number of rotatable bonds is 37. The van der Waals surface area contributed by atoms with Crippen molar-refractivity contribution in [2.75, 3.05) is 72.6 Å².